The molecule has 0 heterocycles. The molecule has 0 fully saturated rings. The normalized spacial score (nSPS) is 11.6. The Balaban J connectivity index is 3.26. The Bertz CT molecular complexity index is 251. The molecule has 0 radical (unpaired) electrons. The largest absolute Gasteiger partial charge is 0.465 e. The number of rotatable bonds is 13. The lowest BCUT2D eigenvalue weighted by atomic mass is 10.0. The van der Waals surface area contributed by atoms with E-state index in [-0.39, 0.29) is 5.54 Å². The molecule has 0 unspecified atom stereocenters. The van der Waals surface area contributed by atoms with Gasteiger partial charge in [0.15, 0.2) is 0 Å². The van der Waals surface area contributed by atoms with Gasteiger partial charge in [0.25, 0.3) is 0 Å². The Morgan fingerprint density at radius 3 is 2.30 bits per heavy atom. The van der Waals surface area contributed by atoms with E-state index >= 15 is 0 Å². The molecule has 0 spiro atoms. The summed E-state index contributed by atoms with van der Waals surface area (Å²) in [5.74, 6) is 1.81. The molecule has 0 aromatic heterocycles. The van der Waals surface area contributed by atoms with Crippen LogP contribution < -0.4 is 5.32 Å². The molecular weight excluding hydrogens is 282 g/mol. The zero-order valence-electron chi connectivity index (χ0n) is 12.6. The summed E-state index contributed by atoms with van der Waals surface area (Å²) in [6.07, 6.45) is -0.179. The van der Waals surface area contributed by atoms with Crippen LogP contribution in [0.4, 0.5) is 4.79 Å². The smallest absolute Gasteiger partial charge is 0.405 e. The van der Waals surface area contributed by atoms with Crippen molar-refractivity contribution in [2.75, 3.05) is 51.6 Å². The van der Waals surface area contributed by atoms with Crippen molar-refractivity contribution < 1.29 is 24.1 Å². The zero-order valence-corrected chi connectivity index (χ0v) is 13.5. The minimum absolute atomic E-state index is 0.380. The predicted molar refractivity (Wildman–Crippen MR) is 80.7 cm³/mol. The highest BCUT2D eigenvalue weighted by Crippen LogP contribution is 2.13. The highest BCUT2D eigenvalue weighted by Gasteiger charge is 2.19. The summed E-state index contributed by atoms with van der Waals surface area (Å²) < 4.78 is 15.5. The lowest BCUT2D eigenvalue weighted by Gasteiger charge is -2.24. The van der Waals surface area contributed by atoms with E-state index in [1.165, 1.54) is 0 Å². The molecule has 2 N–H and O–H groups in total. The fraction of sp³-hybridized carbons (Fsp3) is 0.923. The summed E-state index contributed by atoms with van der Waals surface area (Å²) in [6, 6.07) is 0. The molecule has 0 saturated carbocycles. The molecule has 6 nitrogen and oxygen atoms in total. The predicted octanol–water partition coefficient (Wildman–Crippen LogP) is 1.84. The van der Waals surface area contributed by atoms with Gasteiger partial charge in [-0.1, -0.05) is 0 Å². The van der Waals surface area contributed by atoms with E-state index < -0.39 is 6.09 Å². The van der Waals surface area contributed by atoms with Crippen molar-refractivity contribution in [3.63, 3.8) is 0 Å². The average Bonchev–Trinajstić information content (AvgIpc) is 2.34. The van der Waals surface area contributed by atoms with E-state index in [4.69, 9.17) is 19.3 Å². The van der Waals surface area contributed by atoms with Crippen LogP contribution in [0.15, 0.2) is 0 Å². The second-order valence-electron chi connectivity index (χ2n) is 4.89. The number of methoxy groups -OCH3 is 1. The first kappa shape index (κ1) is 19.5. The molecule has 0 bridgehead atoms. The quantitative estimate of drug-likeness (QED) is 0.506. The van der Waals surface area contributed by atoms with Gasteiger partial charge in [-0.3, -0.25) is 0 Å². The number of carbonyl (C=O) groups is 1. The molecular formula is C13H27NO5S. The lowest BCUT2D eigenvalue weighted by molar-refractivity contribution is 0.0286. The van der Waals surface area contributed by atoms with Crippen LogP contribution in [0.1, 0.15) is 20.3 Å². The molecule has 120 valence electrons. The molecule has 0 aromatic rings. The Labute approximate surface area is 125 Å². The molecule has 0 rings (SSSR count). The molecule has 0 atom stereocenters. The highest BCUT2D eigenvalue weighted by atomic mass is 32.2. The summed E-state index contributed by atoms with van der Waals surface area (Å²) in [6.45, 7) is 6.84. The lowest BCUT2D eigenvalue weighted by Crippen LogP contribution is -2.43. The summed E-state index contributed by atoms with van der Waals surface area (Å²) in [5, 5.41) is 11.2. The second-order valence-corrected chi connectivity index (χ2v) is 6.12. The Morgan fingerprint density at radius 1 is 1.10 bits per heavy atom. The van der Waals surface area contributed by atoms with Gasteiger partial charge in [-0.15, -0.1) is 0 Å². The van der Waals surface area contributed by atoms with Crippen molar-refractivity contribution in [2.24, 2.45) is 0 Å². The summed E-state index contributed by atoms with van der Waals surface area (Å²) >= 11 is 1.76. The molecule has 0 aromatic carbocycles. The maximum Gasteiger partial charge on any atom is 0.405 e. The standard InChI is InChI=1S/C13H27NO5S/c1-13(2,14-12(15)16)4-10-20-11-9-19-8-7-18-6-5-17-3/h14H,4-11H2,1-3H3,(H,15,16). The SMILES string of the molecule is COCCOCCOCCSCCC(C)(C)NC(=O)O. The number of hydrogen-bond donors (Lipinski definition) is 2. The van der Waals surface area contributed by atoms with E-state index in [2.05, 4.69) is 5.32 Å². The van der Waals surface area contributed by atoms with Gasteiger partial charge in [-0.2, -0.15) is 11.8 Å². The van der Waals surface area contributed by atoms with Gasteiger partial charge in [0.1, 0.15) is 0 Å². The topological polar surface area (TPSA) is 77.0 Å². The van der Waals surface area contributed by atoms with Gasteiger partial charge < -0.3 is 24.6 Å². The van der Waals surface area contributed by atoms with Gasteiger partial charge in [0.05, 0.1) is 33.0 Å². The van der Waals surface area contributed by atoms with Crippen LogP contribution in [0.25, 0.3) is 0 Å². The first-order valence-corrected chi connectivity index (χ1v) is 7.86. The van der Waals surface area contributed by atoms with E-state index in [9.17, 15) is 4.79 Å². The van der Waals surface area contributed by atoms with Crippen molar-refractivity contribution in [1.29, 1.82) is 0 Å². The zero-order chi connectivity index (χ0) is 15.3. The molecule has 0 aliphatic heterocycles. The minimum Gasteiger partial charge on any atom is -0.465 e. The number of thioether (sulfide) groups is 1. The number of ether oxygens (including phenoxy) is 3. The second kappa shape index (κ2) is 12.3. The van der Waals surface area contributed by atoms with E-state index in [0.717, 1.165) is 17.9 Å². The van der Waals surface area contributed by atoms with E-state index in [0.29, 0.717) is 33.0 Å². The van der Waals surface area contributed by atoms with Crippen LogP contribution in [-0.4, -0.2) is 68.4 Å². The van der Waals surface area contributed by atoms with Gasteiger partial charge in [0, 0.05) is 18.4 Å². The van der Waals surface area contributed by atoms with E-state index in [1.54, 1.807) is 18.9 Å². The highest BCUT2D eigenvalue weighted by molar-refractivity contribution is 7.99. The summed E-state index contributed by atoms with van der Waals surface area (Å²) in [7, 11) is 1.64. The van der Waals surface area contributed by atoms with Crippen molar-refractivity contribution in [3.8, 4) is 0 Å². The average molecular weight is 309 g/mol. The van der Waals surface area contributed by atoms with Crippen LogP contribution in [0.5, 0.6) is 0 Å². The molecule has 20 heavy (non-hydrogen) atoms. The molecule has 1 amide bonds. The Hall–Kier alpha value is -0.500. The van der Waals surface area contributed by atoms with Gasteiger partial charge in [-0.25, -0.2) is 4.79 Å². The molecule has 7 heteroatoms. The molecule has 0 aliphatic carbocycles. The Morgan fingerprint density at radius 2 is 1.70 bits per heavy atom. The van der Waals surface area contributed by atoms with Crippen molar-refractivity contribution in [1.82, 2.24) is 5.32 Å². The number of amides is 1. The number of carboxylic acid groups (broad SMARTS) is 1. The fourth-order valence-electron chi connectivity index (χ4n) is 1.36. The van der Waals surface area contributed by atoms with Gasteiger partial charge >= 0.3 is 6.09 Å². The number of nitrogens with one attached hydrogen (secondary N) is 1. The van der Waals surface area contributed by atoms with Crippen LogP contribution in [0.3, 0.4) is 0 Å². The first-order valence-electron chi connectivity index (χ1n) is 6.71. The maximum absolute atomic E-state index is 10.6. The van der Waals surface area contributed by atoms with Crippen LogP contribution >= 0.6 is 11.8 Å². The third kappa shape index (κ3) is 13.9. The first-order chi connectivity index (χ1) is 9.48. The van der Waals surface area contributed by atoms with Crippen LogP contribution in [-0.2, 0) is 14.2 Å². The minimum atomic E-state index is -0.975. The summed E-state index contributed by atoms with van der Waals surface area (Å²) in [4.78, 5) is 10.6. The van der Waals surface area contributed by atoms with Gasteiger partial charge in [0.2, 0.25) is 0 Å². The van der Waals surface area contributed by atoms with Crippen molar-refractivity contribution in [3.05, 3.63) is 0 Å². The third-order valence-electron chi connectivity index (χ3n) is 2.49. The van der Waals surface area contributed by atoms with Crippen molar-refractivity contribution in [2.45, 2.75) is 25.8 Å². The van der Waals surface area contributed by atoms with Crippen LogP contribution in [0.2, 0.25) is 0 Å². The van der Waals surface area contributed by atoms with Crippen LogP contribution in [0, 0.1) is 0 Å². The van der Waals surface area contributed by atoms with Gasteiger partial charge in [-0.05, 0) is 26.0 Å². The maximum atomic E-state index is 10.6. The number of hydrogen-bond acceptors (Lipinski definition) is 5. The molecule has 0 saturated heterocycles. The molecule has 0 aliphatic rings. The fourth-order valence-corrected chi connectivity index (χ4v) is 2.46. The third-order valence-corrected chi connectivity index (χ3v) is 3.44. The van der Waals surface area contributed by atoms with E-state index in [1.807, 2.05) is 13.8 Å². The Kier molecular flexibility index (Phi) is 12.0. The van der Waals surface area contributed by atoms with Crippen molar-refractivity contribution >= 4 is 17.9 Å². The summed E-state index contributed by atoms with van der Waals surface area (Å²) in [5.41, 5.74) is -0.380. The monoisotopic (exact) mass is 309 g/mol.